The molecule has 0 aliphatic heterocycles. The highest BCUT2D eigenvalue weighted by atomic mass is 16.5. The standard InChI is InChI=1S/C8H11N7O2/c1-14(10)6-7(9)12-4-15(8(6)16)2-5-11-3-13-17-5/h3-4H,2,9-10H2,1H3. The summed E-state index contributed by atoms with van der Waals surface area (Å²) in [6.45, 7) is 0.118. The van der Waals surface area contributed by atoms with Gasteiger partial charge in [-0.1, -0.05) is 5.16 Å². The Kier molecular flexibility index (Phi) is 2.75. The van der Waals surface area contributed by atoms with Crippen molar-refractivity contribution < 1.29 is 4.52 Å². The summed E-state index contributed by atoms with van der Waals surface area (Å²) in [7, 11) is 1.51. The number of nitrogens with zero attached hydrogens (tertiary/aromatic N) is 5. The smallest absolute Gasteiger partial charge is 0.280 e. The first-order chi connectivity index (χ1) is 8.09. The molecule has 2 heterocycles. The molecule has 17 heavy (non-hydrogen) atoms. The van der Waals surface area contributed by atoms with E-state index in [1.165, 1.54) is 24.3 Å². The van der Waals surface area contributed by atoms with Crippen LogP contribution < -0.4 is 22.1 Å². The highest BCUT2D eigenvalue weighted by Gasteiger charge is 2.13. The summed E-state index contributed by atoms with van der Waals surface area (Å²) in [5.41, 5.74) is 5.31. The molecule has 0 atom stereocenters. The van der Waals surface area contributed by atoms with E-state index in [1.807, 2.05) is 0 Å². The van der Waals surface area contributed by atoms with Crippen LogP contribution in [-0.2, 0) is 6.54 Å². The fraction of sp³-hybridized carbons (Fsp3) is 0.250. The third kappa shape index (κ3) is 2.08. The maximum absolute atomic E-state index is 12.0. The minimum Gasteiger partial charge on any atom is -0.382 e. The first-order valence-corrected chi connectivity index (χ1v) is 4.68. The summed E-state index contributed by atoms with van der Waals surface area (Å²) < 4.78 is 6.08. The van der Waals surface area contributed by atoms with E-state index >= 15 is 0 Å². The van der Waals surface area contributed by atoms with Gasteiger partial charge in [-0.05, 0) is 0 Å². The van der Waals surface area contributed by atoms with E-state index in [9.17, 15) is 4.79 Å². The van der Waals surface area contributed by atoms with Crippen LogP contribution in [0.25, 0.3) is 0 Å². The van der Waals surface area contributed by atoms with Crippen LogP contribution in [0.4, 0.5) is 11.5 Å². The fourth-order valence-electron chi connectivity index (χ4n) is 1.35. The first-order valence-electron chi connectivity index (χ1n) is 4.68. The quantitative estimate of drug-likeness (QED) is 0.490. The van der Waals surface area contributed by atoms with Gasteiger partial charge in [-0.3, -0.25) is 9.36 Å². The molecule has 0 amide bonds. The maximum Gasteiger partial charge on any atom is 0.280 e. The zero-order chi connectivity index (χ0) is 12.4. The van der Waals surface area contributed by atoms with Gasteiger partial charge in [-0.25, -0.2) is 10.8 Å². The summed E-state index contributed by atoms with van der Waals surface area (Å²) in [4.78, 5) is 19.7. The molecular weight excluding hydrogens is 226 g/mol. The fourth-order valence-corrected chi connectivity index (χ4v) is 1.35. The predicted octanol–water partition coefficient (Wildman–Crippen LogP) is -1.43. The average Bonchev–Trinajstić information content (AvgIpc) is 2.74. The van der Waals surface area contributed by atoms with E-state index in [0.717, 1.165) is 5.01 Å². The molecule has 0 bridgehead atoms. The predicted molar refractivity (Wildman–Crippen MR) is 58.9 cm³/mol. The monoisotopic (exact) mass is 237 g/mol. The molecule has 0 aliphatic carbocycles. The van der Waals surface area contributed by atoms with E-state index in [1.54, 1.807) is 0 Å². The van der Waals surface area contributed by atoms with Crippen LogP contribution >= 0.6 is 0 Å². The van der Waals surface area contributed by atoms with Crippen molar-refractivity contribution in [1.82, 2.24) is 19.7 Å². The Morgan fingerprint density at radius 3 is 2.88 bits per heavy atom. The zero-order valence-electron chi connectivity index (χ0n) is 9.07. The Morgan fingerprint density at radius 1 is 1.53 bits per heavy atom. The Balaban J connectivity index is 2.43. The second kappa shape index (κ2) is 4.22. The lowest BCUT2D eigenvalue weighted by atomic mass is 10.4. The Bertz CT molecular complexity index is 560. The molecule has 0 spiro atoms. The second-order valence-electron chi connectivity index (χ2n) is 3.36. The van der Waals surface area contributed by atoms with Crippen LogP contribution in [0.1, 0.15) is 5.89 Å². The van der Waals surface area contributed by atoms with Crippen LogP contribution in [-0.4, -0.2) is 26.7 Å². The summed E-state index contributed by atoms with van der Waals surface area (Å²) in [5.74, 6) is 5.87. The van der Waals surface area contributed by atoms with Crippen molar-refractivity contribution in [2.45, 2.75) is 6.54 Å². The van der Waals surface area contributed by atoms with Gasteiger partial charge < -0.3 is 15.3 Å². The normalized spacial score (nSPS) is 10.5. The SMILES string of the molecule is CN(N)c1c(N)ncn(Cc2ncno2)c1=O. The summed E-state index contributed by atoms with van der Waals surface area (Å²) in [6.07, 6.45) is 2.55. The topological polar surface area (TPSA) is 129 Å². The third-order valence-corrected chi connectivity index (χ3v) is 2.11. The molecule has 2 rings (SSSR count). The number of aromatic nitrogens is 4. The lowest BCUT2D eigenvalue weighted by Gasteiger charge is -2.14. The molecule has 2 aromatic heterocycles. The molecule has 0 unspecified atom stereocenters. The number of nitrogen functional groups attached to an aromatic ring is 1. The Hall–Kier alpha value is -2.42. The van der Waals surface area contributed by atoms with Crippen LogP contribution in [0.15, 0.2) is 22.0 Å². The molecule has 0 saturated heterocycles. The molecule has 2 aromatic rings. The van der Waals surface area contributed by atoms with Crippen LogP contribution in [0, 0.1) is 0 Å². The van der Waals surface area contributed by atoms with Crippen molar-refractivity contribution in [3.05, 3.63) is 28.9 Å². The number of rotatable bonds is 3. The van der Waals surface area contributed by atoms with Crippen molar-refractivity contribution in [1.29, 1.82) is 0 Å². The molecule has 0 saturated carbocycles. The molecule has 0 radical (unpaired) electrons. The Morgan fingerprint density at radius 2 is 2.29 bits per heavy atom. The van der Waals surface area contributed by atoms with Gasteiger partial charge in [-0.2, -0.15) is 4.98 Å². The van der Waals surface area contributed by atoms with Crippen molar-refractivity contribution in [2.75, 3.05) is 17.8 Å². The second-order valence-corrected chi connectivity index (χ2v) is 3.36. The van der Waals surface area contributed by atoms with Gasteiger partial charge >= 0.3 is 0 Å². The summed E-state index contributed by atoms with van der Waals surface area (Å²) >= 11 is 0. The van der Waals surface area contributed by atoms with E-state index in [2.05, 4.69) is 15.1 Å². The minimum atomic E-state index is -0.374. The van der Waals surface area contributed by atoms with Crippen molar-refractivity contribution in [2.24, 2.45) is 5.84 Å². The maximum atomic E-state index is 12.0. The van der Waals surface area contributed by atoms with Gasteiger partial charge in [0.05, 0.1) is 0 Å². The lowest BCUT2D eigenvalue weighted by Crippen LogP contribution is -2.35. The molecule has 0 fully saturated rings. The van der Waals surface area contributed by atoms with Gasteiger partial charge in [0, 0.05) is 7.05 Å². The third-order valence-electron chi connectivity index (χ3n) is 2.11. The van der Waals surface area contributed by atoms with E-state index in [0.29, 0.717) is 5.89 Å². The van der Waals surface area contributed by atoms with Gasteiger partial charge in [0.15, 0.2) is 17.8 Å². The summed E-state index contributed by atoms with van der Waals surface area (Å²) in [6, 6.07) is 0. The van der Waals surface area contributed by atoms with Gasteiger partial charge in [-0.15, -0.1) is 0 Å². The van der Waals surface area contributed by atoms with E-state index < -0.39 is 0 Å². The highest BCUT2D eigenvalue weighted by Crippen LogP contribution is 2.10. The largest absolute Gasteiger partial charge is 0.382 e. The number of hydrogen-bond acceptors (Lipinski definition) is 8. The summed E-state index contributed by atoms with van der Waals surface area (Å²) in [5, 5.41) is 4.56. The van der Waals surface area contributed by atoms with Crippen LogP contribution in [0.3, 0.4) is 0 Å². The van der Waals surface area contributed by atoms with E-state index in [-0.39, 0.29) is 23.6 Å². The lowest BCUT2D eigenvalue weighted by molar-refractivity contribution is 0.368. The van der Waals surface area contributed by atoms with Gasteiger partial charge in [0.2, 0.25) is 5.89 Å². The van der Waals surface area contributed by atoms with Crippen LogP contribution in [0.2, 0.25) is 0 Å². The van der Waals surface area contributed by atoms with Gasteiger partial charge in [0.25, 0.3) is 5.56 Å². The molecule has 9 nitrogen and oxygen atoms in total. The van der Waals surface area contributed by atoms with Crippen molar-refractivity contribution in [3.8, 4) is 0 Å². The first kappa shape index (κ1) is 11.1. The van der Waals surface area contributed by atoms with E-state index in [4.69, 9.17) is 16.1 Å². The molecule has 0 aromatic carbocycles. The molecule has 4 N–H and O–H groups in total. The highest BCUT2D eigenvalue weighted by molar-refractivity contribution is 5.60. The number of hydrazine groups is 1. The molecule has 9 heteroatoms. The van der Waals surface area contributed by atoms with Crippen LogP contribution in [0.5, 0.6) is 0 Å². The molecule has 90 valence electrons. The number of nitrogens with two attached hydrogens (primary N) is 2. The van der Waals surface area contributed by atoms with Crippen molar-refractivity contribution >= 4 is 11.5 Å². The van der Waals surface area contributed by atoms with Crippen molar-refractivity contribution in [3.63, 3.8) is 0 Å². The number of anilines is 2. The molecular formula is C8H11N7O2. The zero-order valence-corrected chi connectivity index (χ0v) is 9.07. The van der Waals surface area contributed by atoms with Gasteiger partial charge in [0.1, 0.15) is 12.9 Å². The Labute approximate surface area is 95.6 Å². The minimum absolute atomic E-state index is 0.0711. The molecule has 0 aliphatic rings. The average molecular weight is 237 g/mol. The number of hydrogen-bond donors (Lipinski definition) is 2.